The molecule has 1 unspecified atom stereocenters. The summed E-state index contributed by atoms with van der Waals surface area (Å²) >= 11 is 8.82. The summed E-state index contributed by atoms with van der Waals surface area (Å²) in [6.45, 7) is 2.08. The molecule has 1 atom stereocenters. The number of hydrogen-bond acceptors (Lipinski definition) is 1. The van der Waals surface area contributed by atoms with Crippen molar-refractivity contribution in [2.75, 3.05) is 0 Å². The number of aryl methyl sites for hydroxylation is 1. The maximum absolute atomic E-state index is 13.5. The van der Waals surface area contributed by atoms with E-state index in [4.69, 9.17) is 0 Å². The van der Waals surface area contributed by atoms with Crippen molar-refractivity contribution in [1.29, 1.82) is 0 Å². The molecule has 0 nitrogen and oxygen atoms in total. The van der Waals surface area contributed by atoms with Crippen molar-refractivity contribution in [2.45, 2.75) is 18.2 Å². The number of hydrogen-bond donors (Lipinski definition) is 0. The lowest BCUT2D eigenvalue weighted by Gasteiger charge is -2.10. The molecule has 0 amide bonds. The van der Waals surface area contributed by atoms with Gasteiger partial charge in [-0.05, 0) is 52.5 Å². The second-order valence-corrected chi connectivity index (χ2v) is 7.57. The summed E-state index contributed by atoms with van der Waals surface area (Å²) in [6.07, 6.45) is 0.663. The molecule has 1 aromatic carbocycles. The van der Waals surface area contributed by atoms with E-state index in [2.05, 4.69) is 44.8 Å². The second-order valence-electron chi connectivity index (χ2n) is 3.83. The first-order chi connectivity index (χ1) is 8.08. The molecule has 0 bridgehead atoms. The predicted molar refractivity (Wildman–Crippen MR) is 78.5 cm³/mol. The molecule has 1 heterocycles. The SMILES string of the molecule is Cc1sc(Br)cc1C(Br)Cc1ccccc1F. The fourth-order valence-corrected chi connectivity index (χ4v) is 4.48. The van der Waals surface area contributed by atoms with Crippen molar-refractivity contribution < 1.29 is 4.39 Å². The van der Waals surface area contributed by atoms with Gasteiger partial charge in [0.15, 0.2) is 0 Å². The molecule has 0 spiro atoms. The van der Waals surface area contributed by atoms with E-state index in [1.54, 1.807) is 17.4 Å². The van der Waals surface area contributed by atoms with Crippen LogP contribution in [0, 0.1) is 12.7 Å². The fraction of sp³-hybridized carbons (Fsp3) is 0.231. The Morgan fingerprint density at radius 1 is 1.35 bits per heavy atom. The van der Waals surface area contributed by atoms with Gasteiger partial charge in [0.05, 0.1) is 3.79 Å². The lowest BCUT2D eigenvalue weighted by atomic mass is 10.0. The molecule has 0 radical (unpaired) electrons. The summed E-state index contributed by atoms with van der Waals surface area (Å²) in [5.74, 6) is -0.135. The third-order valence-electron chi connectivity index (χ3n) is 2.62. The fourth-order valence-electron chi connectivity index (χ4n) is 1.74. The van der Waals surface area contributed by atoms with Crippen LogP contribution in [0.4, 0.5) is 4.39 Å². The van der Waals surface area contributed by atoms with Crippen LogP contribution in [0.3, 0.4) is 0 Å². The van der Waals surface area contributed by atoms with E-state index in [0.29, 0.717) is 6.42 Å². The number of rotatable bonds is 3. The average molecular weight is 378 g/mol. The van der Waals surface area contributed by atoms with Gasteiger partial charge in [0, 0.05) is 9.70 Å². The van der Waals surface area contributed by atoms with Crippen molar-refractivity contribution in [3.63, 3.8) is 0 Å². The minimum Gasteiger partial charge on any atom is -0.207 e. The van der Waals surface area contributed by atoms with Crippen molar-refractivity contribution in [2.24, 2.45) is 0 Å². The summed E-state index contributed by atoms with van der Waals surface area (Å²) < 4.78 is 14.7. The van der Waals surface area contributed by atoms with Crippen LogP contribution in [0.2, 0.25) is 0 Å². The molecule has 1 aromatic heterocycles. The zero-order valence-electron chi connectivity index (χ0n) is 9.21. The first-order valence-electron chi connectivity index (χ1n) is 5.21. The predicted octanol–water partition coefficient (Wildman–Crippen LogP) is 5.64. The van der Waals surface area contributed by atoms with Gasteiger partial charge in [-0.25, -0.2) is 4.39 Å². The molecular weight excluding hydrogens is 367 g/mol. The molecule has 90 valence electrons. The quantitative estimate of drug-likeness (QED) is 0.607. The smallest absolute Gasteiger partial charge is 0.126 e. The van der Waals surface area contributed by atoms with Gasteiger partial charge in [0.2, 0.25) is 0 Å². The molecule has 2 rings (SSSR count). The van der Waals surface area contributed by atoms with Gasteiger partial charge in [-0.3, -0.25) is 0 Å². The Bertz CT molecular complexity index is 522. The number of halogens is 3. The van der Waals surface area contributed by atoms with Gasteiger partial charge >= 0.3 is 0 Å². The largest absolute Gasteiger partial charge is 0.207 e. The molecule has 0 fully saturated rings. The van der Waals surface area contributed by atoms with Gasteiger partial charge in [-0.15, -0.1) is 11.3 Å². The van der Waals surface area contributed by atoms with Gasteiger partial charge in [0.1, 0.15) is 5.82 Å². The first-order valence-corrected chi connectivity index (χ1v) is 7.73. The van der Waals surface area contributed by atoms with Gasteiger partial charge in [-0.2, -0.15) is 0 Å². The minimum atomic E-state index is -0.135. The molecule has 0 saturated carbocycles. The Kier molecular flexibility index (Phi) is 4.39. The zero-order valence-corrected chi connectivity index (χ0v) is 13.2. The van der Waals surface area contributed by atoms with Crippen LogP contribution in [0.15, 0.2) is 34.1 Å². The Hall–Kier alpha value is -0.190. The minimum absolute atomic E-state index is 0.135. The first kappa shape index (κ1) is 13.2. The number of thiophene rings is 1. The summed E-state index contributed by atoms with van der Waals surface area (Å²) in [4.78, 5) is 1.41. The monoisotopic (exact) mass is 376 g/mol. The van der Waals surface area contributed by atoms with Crippen LogP contribution < -0.4 is 0 Å². The summed E-state index contributed by atoms with van der Waals surface area (Å²) in [6, 6.07) is 9.02. The van der Waals surface area contributed by atoms with Crippen molar-refractivity contribution in [3.8, 4) is 0 Å². The van der Waals surface area contributed by atoms with E-state index in [1.165, 1.54) is 16.5 Å². The summed E-state index contributed by atoms with van der Waals surface area (Å²) in [7, 11) is 0. The van der Waals surface area contributed by atoms with Crippen LogP contribution in [0.1, 0.15) is 20.8 Å². The van der Waals surface area contributed by atoms with Gasteiger partial charge in [0.25, 0.3) is 0 Å². The van der Waals surface area contributed by atoms with Crippen molar-refractivity contribution in [1.82, 2.24) is 0 Å². The highest BCUT2D eigenvalue weighted by Crippen LogP contribution is 2.36. The van der Waals surface area contributed by atoms with Gasteiger partial charge < -0.3 is 0 Å². The Balaban J connectivity index is 2.20. The van der Waals surface area contributed by atoms with Crippen LogP contribution in [0.25, 0.3) is 0 Å². The topological polar surface area (TPSA) is 0 Å². The highest BCUT2D eigenvalue weighted by molar-refractivity contribution is 9.11. The molecular formula is C13H11Br2FS. The third kappa shape index (κ3) is 3.18. The summed E-state index contributed by atoms with van der Waals surface area (Å²) in [5, 5.41) is 0. The standard InChI is InChI=1S/C13H11Br2FS/c1-8-10(7-13(15)17-8)11(14)6-9-4-2-3-5-12(9)16/h2-5,7,11H,6H2,1H3. The van der Waals surface area contributed by atoms with E-state index < -0.39 is 0 Å². The average Bonchev–Trinajstić information content (AvgIpc) is 2.61. The van der Waals surface area contributed by atoms with Gasteiger partial charge in [-0.1, -0.05) is 34.1 Å². The maximum atomic E-state index is 13.5. The van der Waals surface area contributed by atoms with E-state index in [-0.39, 0.29) is 10.6 Å². The highest BCUT2D eigenvalue weighted by atomic mass is 79.9. The molecule has 0 saturated heterocycles. The maximum Gasteiger partial charge on any atom is 0.126 e. The molecule has 2 aromatic rings. The van der Waals surface area contributed by atoms with Crippen LogP contribution >= 0.6 is 43.2 Å². The lowest BCUT2D eigenvalue weighted by molar-refractivity contribution is 0.608. The van der Waals surface area contributed by atoms with E-state index >= 15 is 0 Å². The Labute approximate surface area is 121 Å². The van der Waals surface area contributed by atoms with Crippen molar-refractivity contribution in [3.05, 3.63) is 55.9 Å². The third-order valence-corrected chi connectivity index (χ3v) is 5.01. The van der Waals surface area contributed by atoms with Crippen LogP contribution in [-0.4, -0.2) is 0 Å². The Morgan fingerprint density at radius 2 is 2.06 bits per heavy atom. The normalized spacial score (nSPS) is 12.7. The molecule has 0 N–H and O–H groups in total. The van der Waals surface area contributed by atoms with Crippen LogP contribution in [0.5, 0.6) is 0 Å². The molecule has 0 aliphatic carbocycles. The highest BCUT2D eigenvalue weighted by Gasteiger charge is 2.15. The van der Waals surface area contributed by atoms with E-state index in [1.807, 2.05) is 12.1 Å². The summed E-state index contributed by atoms with van der Waals surface area (Å²) in [5.41, 5.74) is 1.97. The van der Waals surface area contributed by atoms with E-state index in [9.17, 15) is 4.39 Å². The second kappa shape index (κ2) is 5.63. The zero-order chi connectivity index (χ0) is 12.4. The molecule has 0 aliphatic heterocycles. The lowest BCUT2D eigenvalue weighted by Crippen LogP contribution is -1.97. The number of benzene rings is 1. The molecule has 17 heavy (non-hydrogen) atoms. The molecule has 0 aliphatic rings. The molecule has 4 heteroatoms. The van der Waals surface area contributed by atoms with E-state index in [0.717, 1.165) is 9.35 Å². The van der Waals surface area contributed by atoms with Crippen molar-refractivity contribution >= 4 is 43.2 Å². The number of alkyl halides is 1. The van der Waals surface area contributed by atoms with Crippen LogP contribution in [-0.2, 0) is 6.42 Å². The Morgan fingerprint density at radius 3 is 2.65 bits per heavy atom.